The Morgan fingerprint density at radius 1 is 1.45 bits per heavy atom. The van der Waals surface area contributed by atoms with Gasteiger partial charge in [-0.25, -0.2) is 0 Å². The largest absolute Gasteiger partial charge is 0.368 e. The molecule has 0 aromatic rings. The minimum Gasteiger partial charge on any atom is -0.368 e. The standard InChI is InChI=1S/C14H24N4O3S/c1-14(2)6-10-18(11(14)12(15)20)13(21)8(4-5-22-10)17-9(19)7-16-3/h8,10-11,16H,4-7H2,1-3H3,(H2,15,20)(H,17,19)/t8-,10-,11+/m0/s1. The molecule has 7 nitrogen and oxygen atoms in total. The number of amides is 3. The highest BCUT2D eigenvalue weighted by molar-refractivity contribution is 7.99. The lowest BCUT2D eigenvalue weighted by Crippen LogP contribution is -2.56. The van der Waals surface area contributed by atoms with Gasteiger partial charge < -0.3 is 21.3 Å². The summed E-state index contributed by atoms with van der Waals surface area (Å²) >= 11 is 1.66. The van der Waals surface area contributed by atoms with E-state index in [0.717, 1.165) is 12.2 Å². The van der Waals surface area contributed by atoms with E-state index >= 15 is 0 Å². The number of hydrogen-bond donors (Lipinski definition) is 3. The Morgan fingerprint density at radius 3 is 2.73 bits per heavy atom. The number of nitrogens with zero attached hydrogens (tertiary/aromatic N) is 1. The van der Waals surface area contributed by atoms with Crippen LogP contribution in [0.2, 0.25) is 0 Å². The van der Waals surface area contributed by atoms with Gasteiger partial charge in [0, 0.05) is 0 Å². The Morgan fingerprint density at radius 2 is 2.14 bits per heavy atom. The second kappa shape index (κ2) is 6.45. The smallest absolute Gasteiger partial charge is 0.246 e. The molecule has 3 atom stereocenters. The first-order chi connectivity index (χ1) is 10.3. The van der Waals surface area contributed by atoms with Gasteiger partial charge in [0.15, 0.2) is 0 Å². The molecule has 2 aliphatic rings. The SMILES string of the molecule is CNCC(=O)N[C@H]1CCS[C@H]2CC(C)(C)[C@@H](C(N)=O)N2C1=O. The molecule has 0 saturated carbocycles. The summed E-state index contributed by atoms with van der Waals surface area (Å²) < 4.78 is 0. The van der Waals surface area contributed by atoms with Crippen molar-refractivity contribution in [3.63, 3.8) is 0 Å². The van der Waals surface area contributed by atoms with Crippen LogP contribution in [0.5, 0.6) is 0 Å². The Bertz CT molecular complexity index is 483. The van der Waals surface area contributed by atoms with E-state index in [9.17, 15) is 14.4 Å². The van der Waals surface area contributed by atoms with Crippen molar-refractivity contribution >= 4 is 29.5 Å². The first-order valence-electron chi connectivity index (χ1n) is 7.45. The number of primary amides is 1. The molecule has 2 fully saturated rings. The third kappa shape index (κ3) is 3.22. The maximum atomic E-state index is 12.8. The van der Waals surface area contributed by atoms with Gasteiger partial charge in [0.25, 0.3) is 0 Å². The summed E-state index contributed by atoms with van der Waals surface area (Å²) in [6.45, 7) is 4.07. The molecule has 0 aromatic carbocycles. The van der Waals surface area contributed by atoms with Crippen LogP contribution in [0.15, 0.2) is 0 Å². The van der Waals surface area contributed by atoms with Crippen molar-refractivity contribution in [2.75, 3.05) is 19.3 Å². The van der Waals surface area contributed by atoms with Gasteiger partial charge in [-0.05, 0) is 31.1 Å². The van der Waals surface area contributed by atoms with Gasteiger partial charge in [0.1, 0.15) is 12.1 Å². The molecular formula is C14H24N4O3S. The van der Waals surface area contributed by atoms with Crippen LogP contribution in [0, 0.1) is 5.41 Å². The summed E-state index contributed by atoms with van der Waals surface area (Å²) in [6, 6.07) is -1.21. The van der Waals surface area contributed by atoms with E-state index in [2.05, 4.69) is 10.6 Å². The van der Waals surface area contributed by atoms with E-state index in [-0.39, 0.29) is 29.1 Å². The van der Waals surface area contributed by atoms with E-state index in [0.29, 0.717) is 6.42 Å². The third-order valence-corrected chi connectivity index (χ3v) is 5.49. The summed E-state index contributed by atoms with van der Waals surface area (Å²) in [5.74, 6) is -0.144. The van der Waals surface area contributed by atoms with E-state index < -0.39 is 18.0 Å². The quantitative estimate of drug-likeness (QED) is 0.631. The molecule has 22 heavy (non-hydrogen) atoms. The molecule has 2 rings (SSSR count). The summed E-state index contributed by atoms with van der Waals surface area (Å²) in [5, 5.41) is 5.46. The predicted octanol–water partition coefficient (Wildman–Crippen LogP) is -0.734. The molecule has 3 amide bonds. The van der Waals surface area contributed by atoms with Crippen LogP contribution in [0.3, 0.4) is 0 Å². The van der Waals surface area contributed by atoms with Crippen LogP contribution in [-0.4, -0.2) is 59.4 Å². The highest BCUT2D eigenvalue weighted by Crippen LogP contribution is 2.45. The number of nitrogens with one attached hydrogen (secondary N) is 2. The summed E-state index contributed by atoms with van der Waals surface area (Å²) in [5.41, 5.74) is 5.20. The van der Waals surface area contributed by atoms with Crippen molar-refractivity contribution in [2.24, 2.45) is 11.1 Å². The van der Waals surface area contributed by atoms with Crippen LogP contribution < -0.4 is 16.4 Å². The van der Waals surface area contributed by atoms with Crippen LogP contribution in [0.4, 0.5) is 0 Å². The lowest BCUT2D eigenvalue weighted by atomic mass is 9.84. The maximum absolute atomic E-state index is 12.8. The average Bonchev–Trinajstić information content (AvgIpc) is 2.60. The molecule has 8 heteroatoms. The van der Waals surface area contributed by atoms with Crippen LogP contribution in [-0.2, 0) is 14.4 Å². The molecule has 124 valence electrons. The molecule has 2 heterocycles. The highest BCUT2D eigenvalue weighted by atomic mass is 32.2. The van der Waals surface area contributed by atoms with Gasteiger partial charge in [-0.2, -0.15) is 0 Å². The van der Waals surface area contributed by atoms with E-state index in [4.69, 9.17) is 5.73 Å². The molecule has 2 aliphatic heterocycles. The number of rotatable bonds is 4. The van der Waals surface area contributed by atoms with Crippen LogP contribution >= 0.6 is 11.8 Å². The molecule has 2 saturated heterocycles. The molecule has 0 aliphatic carbocycles. The molecule has 0 unspecified atom stereocenters. The maximum Gasteiger partial charge on any atom is 0.246 e. The zero-order chi connectivity index (χ0) is 16.5. The Kier molecular flexibility index (Phi) is 5.01. The van der Waals surface area contributed by atoms with Crippen molar-refractivity contribution in [3.05, 3.63) is 0 Å². The molecule has 0 bridgehead atoms. The number of likely N-dealkylation sites (N-methyl/N-ethyl adjacent to an activating group) is 1. The van der Waals surface area contributed by atoms with Gasteiger partial charge in [-0.15, -0.1) is 11.8 Å². The molecule has 0 spiro atoms. The lowest BCUT2D eigenvalue weighted by molar-refractivity contribution is -0.142. The Hall–Kier alpha value is -1.28. The fourth-order valence-corrected chi connectivity index (χ4v) is 4.88. The first-order valence-corrected chi connectivity index (χ1v) is 8.50. The molecule has 0 aromatic heterocycles. The fourth-order valence-electron chi connectivity index (χ4n) is 3.30. The van der Waals surface area contributed by atoms with Gasteiger partial charge in [-0.3, -0.25) is 14.4 Å². The zero-order valence-corrected chi connectivity index (χ0v) is 14.0. The number of carbonyl (C=O) groups excluding carboxylic acids is 3. The zero-order valence-electron chi connectivity index (χ0n) is 13.2. The van der Waals surface area contributed by atoms with Crippen molar-refractivity contribution < 1.29 is 14.4 Å². The van der Waals surface area contributed by atoms with Gasteiger partial charge >= 0.3 is 0 Å². The highest BCUT2D eigenvalue weighted by Gasteiger charge is 2.53. The number of carbonyl (C=O) groups is 3. The van der Waals surface area contributed by atoms with Gasteiger partial charge in [0.05, 0.1) is 11.9 Å². The molecular weight excluding hydrogens is 304 g/mol. The van der Waals surface area contributed by atoms with Gasteiger partial charge in [0.2, 0.25) is 17.7 Å². The predicted molar refractivity (Wildman–Crippen MR) is 84.9 cm³/mol. The van der Waals surface area contributed by atoms with Crippen LogP contribution in [0.1, 0.15) is 26.7 Å². The molecule has 0 radical (unpaired) electrons. The fraction of sp³-hybridized carbons (Fsp3) is 0.786. The second-order valence-electron chi connectivity index (χ2n) is 6.51. The van der Waals surface area contributed by atoms with Crippen molar-refractivity contribution in [1.29, 1.82) is 0 Å². The lowest BCUT2D eigenvalue weighted by Gasteiger charge is -2.32. The van der Waals surface area contributed by atoms with E-state index in [1.807, 2.05) is 13.8 Å². The van der Waals surface area contributed by atoms with Crippen molar-refractivity contribution in [2.45, 2.75) is 44.1 Å². The van der Waals surface area contributed by atoms with E-state index in [1.54, 1.807) is 23.7 Å². The second-order valence-corrected chi connectivity index (χ2v) is 7.79. The summed E-state index contributed by atoms with van der Waals surface area (Å²) in [6.07, 6.45) is 1.30. The van der Waals surface area contributed by atoms with Crippen LogP contribution in [0.25, 0.3) is 0 Å². The van der Waals surface area contributed by atoms with Gasteiger partial charge in [-0.1, -0.05) is 13.8 Å². The number of fused-ring (bicyclic) bond motifs is 1. The average molecular weight is 328 g/mol. The minimum atomic E-state index is -0.626. The minimum absolute atomic E-state index is 0.0498. The Labute approximate surface area is 134 Å². The van der Waals surface area contributed by atoms with E-state index in [1.165, 1.54) is 0 Å². The molecule has 4 N–H and O–H groups in total. The van der Waals surface area contributed by atoms with Crippen molar-refractivity contribution in [1.82, 2.24) is 15.5 Å². The summed E-state index contributed by atoms with van der Waals surface area (Å²) in [4.78, 5) is 38.1. The monoisotopic (exact) mass is 328 g/mol. The normalized spacial score (nSPS) is 30.6. The Balaban J connectivity index is 2.22. The number of hydrogen-bond acceptors (Lipinski definition) is 5. The third-order valence-electron chi connectivity index (χ3n) is 4.24. The number of thioether (sulfide) groups is 1. The van der Waals surface area contributed by atoms with Crippen molar-refractivity contribution in [3.8, 4) is 0 Å². The number of nitrogens with two attached hydrogens (primary N) is 1. The summed E-state index contributed by atoms with van der Waals surface area (Å²) in [7, 11) is 1.67. The topological polar surface area (TPSA) is 105 Å². The first kappa shape index (κ1) is 17.1.